The van der Waals surface area contributed by atoms with Crippen LogP contribution in [0.25, 0.3) is 16.9 Å². The van der Waals surface area contributed by atoms with E-state index in [4.69, 9.17) is 11.2 Å². The van der Waals surface area contributed by atoms with Crippen LogP contribution in [0, 0.1) is 18.2 Å². The normalized spacial score (nSPS) is 10.5. The highest BCUT2D eigenvalue weighted by Gasteiger charge is 2.29. The minimum atomic E-state index is -0.578. The van der Waals surface area contributed by atoms with E-state index in [1.54, 1.807) is 48.5 Å². The minimum Gasteiger partial charge on any atom is -0.503 e. The average molecular weight is 427 g/mol. The second kappa shape index (κ2) is 8.32. The predicted molar refractivity (Wildman–Crippen MR) is 119 cm³/mol. The van der Waals surface area contributed by atoms with E-state index in [1.165, 1.54) is 35.9 Å². The Labute approximate surface area is 184 Å². The van der Waals surface area contributed by atoms with Crippen LogP contribution in [-0.4, -0.2) is 27.7 Å². The second-order valence-electron chi connectivity index (χ2n) is 6.99. The summed E-state index contributed by atoms with van der Waals surface area (Å²) in [6, 6.07) is 18.4. The number of carbonyl (C=O) groups is 1. The number of carbonyl (C=O) groups excluding carboxylic acids is 1. The quantitative estimate of drug-likeness (QED) is 0.351. The molecule has 0 aliphatic carbocycles. The van der Waals surface area contributed by atoms with Gasteiger partial charge >= 0.3 is 0 Å². The molecule has 0 atom stereocenters. The topological polar surface area (TPSA) is 71.7 Å². The number of nitrogens with zero attached hydrogens (tertiary/aromatic N) is 1. The van der Waals surface area contributed by atoms with Gasteiger partial charge in [0.1, 0.15) is 11.6 Å². The molecule has 0 aliphatic rings. The van der Waals surface area contributed by atoms with E-state index in [0.29, 0.717) is 22.6 Å². The van der Waals surface area contributed by atoms with Crippen molar-refractivity contribution < 1.29 is 24.1 Å². The zero-order chi connectivity index (χ0) is 22.8. The first-order valence-corrected chi connectivity index (χ1v) is 9.63. The standard InChI is InChI=1S/C26H18FNO4/c1-3-16-4-12-20(13-5-16)28-23(17-6-10-19(27)11-7-17)22(25(30)26(28)31)24(29)18-8-14-21(32-2)15-9-18/h1,4-15,30-31H,2H3. The van der Waals surface area contributed by atoms with Gasteiger partial charge in [0.2, 0.25) is 5.88 Å². The number of aromatic nitrogens is 1. The van der Waals surface area contributed by atoms with Gasteiger partial charge in [-0.1, -0.05) is 5.92 Å². The van der Waals surface area contributed by atoms with Crippen LogP contribution in [0.4, 0.5) is 4.39 Å². The van der Waals surface area contributed by atoms with E-state index < -0.39 is 23.2 Å². The number of terminal acetylenes is 1. The molecule has 0 spiro atoms. The number of hydrogen-bond acceptors (Lipinski definition) is 4. The maximum atomic E-state index is 13.6. The Morgan fingerprint density at radius 1 is 0.969 bits per heavy atom. The van der Waals surface area contributed by atoms with Crippen LogP contribution < -0.4 is 4.74 Å². The van der Waals surface area contributed by atoms with Gasteiger partial charge in [0, 0.05) is 16.8 Å². The highest BCUT2D eigenvalue weighted by Crippen LogP contribution is 2.44. The smallest absolute Gasteiger partial charge is 0.240 e. The van der Waals surface area contributed by atoms with Crippen LogP contribution in [0.15, 0.2) is 72.8 Å². The number of hydrogen-bond donors (Lipinski definition) is 2. The maximum absolute atomic E-state index is 13.6. The summed E-state index contributed by atoms with van der Waals surface area (Å²) in [6.45, 7) is 0. The molecular formula is C26H18FNO4. The van der Waals surface area contributed by atoms with Crippen molar-refractivity contribution >= 4 is 5.78 Å². The number of rotatable bonds is 5. The number of benzene rings is 3. The molecule has 0 bridgehead atoms. The lowest BCUT2D eigenvalue weighted by molar-refractivity contribution is 0.103. The zero-order valence-electron chi connectivity index (χ0n) is 17.0. The fourth-order valence-electron chi connectivity index (χ4n) is 3.49. The maximum Gasteiger partial charge on any atom is 0.240 e. The Hall–Kier alpha value is -4.50. The lowest BCUT2D eigenvalue weighted by Crippen LogP contribution is -2.05. The lowest BCUT2D eigenvalue weighted by atomic mass is 9.99. The largest absolute Gasteiger partial charge is 0.503 e. The van der Waals surface area contributed by atoms with Gasteiger partial charge in [0.25, 0.3) is 0 Å². The molecule has 0 unspecified atom stereocenters. The van der Waals surface area contributed by atoms with Crippen molar-refractivity contribution in [2.45, 2.75) is 0 Å². The van der Waals surface area contributed by atoms with E-state index in [-0.39, 0.29) is 16.8 Å². The lowest BCUT2D eigenvalue weighted by Gasteiger charge is -2.12. The molecule has 0 fully saturated rings. The third kappa shape index (κ3) is 3.57. The monoisotopic (exact) mass is 427 g/mol. The molecule has 6 heteroatoms. The summed E-state index contributed by atoms with van der Waals surface area (Å²) in [5.74, 6) is 1.01. The summed E-state index contributed by atoms with van der Waals surface area (Å²) in [4.78, 5) is 13.4. The van der Waals surface area contributed by atoms with E-state index in [0.717, 1.165) is 0 Å². The number of ketones is 1. The van der Waals surface area contributed by atoms with Crippen LogP contribution in [0.5, 0.6) is 17.4 Å². The molecule has 5 nitrogen and oxygen atoms in total. The Morgan fingerprint density at radius 2 is 1.59 bits per heavy atom. The first-order chi connectivity index (χ1) is 15.4. The zero-order valence-corrected chi connectivity index (χ0v) is 17.0. The van der Waals surface area contributed by atoms with Crippen LogP contribution in [-0.2, 0) is 0 Å². The van der Waals surface area contributed by atoms with Gasteiger partial charge in [-0.15, -0.1) is 6.42 Å². The Morgan fingerprint density at radius 3 is 2.16 bits per heavy atom. The van der Waals surface area contributed by atoms with Crippen LogP contribution in [0.1, 0.15) is 21.5 Å². The van der Waals surface area contributed by atoms with E-state index >= 15 is 0 Å². The summed E-state index contributed by atoms with van der Waals surface area (Å²) < 4.78 is 20.0. The van der Waals surface area contributed by atoms with Gasteiger partial charge < -0.3 is 14.9 Å². The van der Waals surface area contributed by atoms with E-state index in [2.05, 4.69) is 5.92 Å². The molecule has 3 aromatic carbocycles. The molecule has 0 amide bonds. The SMILES string of the molecule is C#Cc1ccc(-n2c(O)c(O)c(C(=O)c3ccc(OC)cc3)c2-c2ccc(F)cc2)cc1. The average Bonchev–Trinajstić information content (AvgIpc) is 3.09. The summed E-state index contributed by atoms with van der Waals surface area (Å²) in [6.07, 6.45) is 5.42. The molecular weight excluding hydrogens is 409 g/mol. The van der Waals surface area contributed by atoms with Crippen LogP contribution in [0.3, 0.4) is 0 Å². The number of aromatic hydroxyl groups is 2. The van der Waals surface area contributed by atoms with E-state index in [1.807, 2.05) is 0 Å². The number of methoxy groups -OCH3 is 1. The third-order valence-corrected chi connectivity index (χ3v) is 5.11. The molecule has 2 N–H and O–H groups in total. The van der Waals surface area contributed by atoms with Crippen molar-refractivity contribution in [2.24, 2.45) is 0 Å². The predicted octanol–water partition coefficient (Wildman–Crippen LogP) is 4.92. The van der Waals surface area contributed by atoms with Crippen molar-refractivity contribution in [3.8, 4) is 46.7 Å². The van der Waals surface area contributed by atoms with Crippen molar-refractivity contribution in [3.05, 3.63) is 95.3 Å². The van der Waals surface area contributed by atoms with Gasteiger partial charge in [-0.05, 0) is 78.4 Å². The van der Waals surface area contributed by atoms with Crippen molar-refractivity contribution in [2.75, 3.05) is 7.11 Å². The highest BCUT2D eigenvalue weighted by molar-refractivity contribution is 6.15. The summed E-state index contributed by atoms with van der Waals surface area (Å²) in [7, 11) is 1.51. The summed E-state index contributed by atoms with van der Waals surface area (Å²) in [5.41, 5.74) is 1.91. The minimum absolute atomic E-state index is 0.111. The summed E-state index contributed by atoms with van der Waals surface area (Å²) >= 11 is 0. The molecule has 1 aromatic heterocycles. The molecule has 4 aromatic rings. The summed E-state index contributed by atoms with van der Waals surface area (Å²) in [5, 5.41) is 21.6. The molecule has 1 heterocycles. The molecule has 32 heavy (non-hydrogen) atoms. The number of ether oxygens (including phenoxy) is 1. The van der Waals surface area contributed by atoms with Crippen molar-refractivity contribution in [1.82, 2.24) is 4.57 Å². The molecule has 158 valence electrons. The second-order valence-corrected chi connectivity index (χ2v) is 6.99. The van der Waals surface area contributed by atoms with Crippen LogP contribution >= 0.6 is 0 Å². The first-order valence-electron chi connectivity index (χ1n) is 9.63. The number of halogens is 1. The van der Waals surface area contributed by atoms with Crippen LogP contribution in [0.2, 0.25) is 0 Å². The van der Waals surface area contributed by atoms with Gasteiger partial charge in [-0.3, -0.25) is 9.36 Å². The molecule has 0 saturated carbocycles. The van der Waals surface area contributed by atoms with Gasteiger partial charge in [-0.2, -0.15) is 0 Å². The van der Waals surface area contributed by atoms with E-state index in [9.17, 15) is 19.4 Å². The van der Waals surface area contributed by atoms with Gasteiger partial charge in [-0.25, -0.2) is 4.39 Å². The first kappa shape index (κ1) is 20.8. The van der Waals surface area contributed by atoms with Gasteiger partial charge in [0.15, 0.2) is 11.5 Å². The Balaban J connectivity index is 1.97. The fourth-order valence-corrected chi connectivity index (χ4v) is 3.49. The highest BCUT2D eigenvalue weighted by atomic mass is 19.1. The Bertz CT molecular complexity index is 1330. The van der Waals surface area contributed by atoms with Gasteiger partial charge in [0.05, 0.1) is 18.4 Å². The Kier molecular flexibility index (Phi) is 5.40. The molecule has 0 aliphatic heterocycles. The molecule has 4 rings (SSSR count). The van der Waals surface area contributed by atoms with Crippen molar-refractivity contribution in [1.29, 1.82) is 0 Å². The fraction of sp³-hybridized carbons (Fsp3) is 0.0385. The molecule has 0 saturated heterocycles. The molecule has 0 radical (unpaired) electrons. The van der Waals surface area contributed by atoms with Crippen molar-refractivity contribution in [3.63, 3.8) is 0 Å². The third-order valence-electron chi connectivity index (χ3n) is 5.11.